The number of ether oxygens (including phenoxy) is 2. The number of fused-ring (bicyclic) bond motifs is 2. The first-order chi connectivity index (χ1) is 17.1. The van der Waals surface area contributed by atoms with Crippen LogP contribution < -0.4 is 5.32 Å². The predicted octanol–water partition coefficient (Wildman–Crippen LogP) is 5.75. The van der Waals surface area contributed by atoms with Crippen LogP contribution in [0.1, 0.15) is 61.6 Å². The van der Waals surface area contributed by atoms with Crippen molar-refractivity contribution < 1.29 is 14.3 Å². The molecule has 6 heteroatoms. The number of rotatable bonds is 8. The van der Waals surface area contributed by atoms with Crippen molar-refractivity contribution in [1.82, 2.24) is 9.78 Å². The van der Waals surface area contributed by atoms with E-state index < -0.39 is 0 Å². The maximum absolute atomic E-state index is 11.9. The van der Waals surface area contributed by atoms with Crippen molar-refractivity contribution in [3.8, 4) is 0 Å². The number of carbonyl (C=O) groups excluding carboxylic acids is 1. The normalized spacial score (nSPS) is 19.8. The number of aryl methyl sites for hydroxylation is 1. The molecule has 3 aromatic rings. The van der Waals surface area contributed by atoms with Gasteiger partial charge >= 0.3 is 5.97 Å². The SMILES string of the molecule is COC(=O)C1=Cc2cccc(NCCCCC3(c4ccc5c(cnn5C)c4)CCCCO3)c2CC1. The highest BCUT2D eigenvalue weighted by Gasteiger charge is 2.35. The zero-order valence-electron chi connectivity index (χ0n) is 20.8. The Balaban J connectivity index is 1.22. The van der Waals surface area contributed by atoms with Gasteiger partial charge in [-0.25, -0.2) is 4.79 Å². The minimum atomic E-state index is -0.226. The van der Waals surface area contributed by atoms with Crippen molar-refractivity contribution in [3.63, 3.8) is 0 Å². The molecule has 1 aliphatic heterocycles. The topological polar surface area (TPSA) is 65.4 Å². The van der Waals surface area contributed by atoms with Crippen molar-refractivity contribution in [2.75, 3.05) is 25.6 Å². The Kier molecular flexibility index (Phi) is 6.91. The van der Waals surface area contributed by atoms with E-state index in [1.165, 1.54) is 35.7 Å². The summed E-state index contributed by atoms with van der Waals surface area (Å²) in [6.45, 7) is 1.75. The lowest BCUT2D eigenvalue weighted by Gasteiger charge is -2.38. The number of benzene rings is 2. The Bertz CT molecular complexity index is 1240. The van der Waals surface area contributed by atoms with Crippen molar-refractivity contribution >= 4 is 28.6 Å². The molecule has 184 valence electrons. The Hall–Kier alpha value is -3.12. The molecule has 6 nitrogen and oxygen atoms in total. The standard InChI is InChI=1S/C29H35N3O3/c1-32-27-13-11-24(19-23(27)20-31-32)29(15-4-6-17-35-29)14-3-5-16-30-26-9-7-8-21-18-22(28(33)34-2)10-12-25(21)26/h7-9,11,13,18-20,30H,3-6,10,12,14-17H2,1-2H3. The lowest BCUT2D eigenvalue weighted by atomic mass is 9.82. The number of nitrogens with one attached hydrogen (secondary N) is 1. The van der Waals surface area contributed by atoms with Crippen LogP contribution in [-0.4, -0.2) is 36.0 Å². The van der Waals surface area contributed by atoms with Gasteiger partial charge in [-0.15, -0.1) is 0 Å². The number of esters is 1. The Morgan fingerprint density at radius 1 is 1.20 bits per heavy atom. The van der Waals surface area contributed by atoms with E-state index in [2.05, 4.69) is 46.8 Å². The van der Waals surface area contributed by atoms with Crippen molar-refractivity contribution in [3.05, 3.63) is 64.9 Å². The molecule has 0 spiro atoms. The summed E-state index contributed by atoms with van der Waals surface area (Å²) >= 11 is 0. The summed E-state index contributed by atoms with van der Waals surface area (Å²) < 4.78 is 13.3. The monoisotopic (exact) mass is 473 g/mol. The van der Waals surface area contributed by atoms with Crippen molar-refractivity contribution in [2.45, 2.75) is 57.0 Å². The number of hydrogen-bond acceptors (Lipinski definition) is 5. The molecule has 1 N–H and O–H groups in total. The summed E-state index contributed by atoms with van der Waals surface area (Å²) in [5, 5.41) is 9.24. The number of nitrogens with zero attached hydrogens (tertiary/aromatic N) is 2. The molecule has 1 saturated heterocycles. The third-order valence-electron chi connectivity index (χ3n) is 7.58. The molecule has 1 aliphatic carbocycles. The molecule has 1 fully saturated rings. The van der Waals surface area contributed by atoms with E-state index in [0.717, 1.165) is 74.8 Å². The van der Waals surface area contributed by atoms with Crippen LogP contribution in [0.15, 0.2) is 48.2 Å². The molecule has 0 bridgehead atoms. The van der Waals surface area contributed by atoms with E-state index in [-0.39, 0.29) is 11.6 Å². The zero-order chi connectivity index (χ0) is 24.3. The highest BCUT2D eigenvalue weighted by Crippen LogP contribution is 2.40. The quantitative estimate of drug-likeness (QED) is 0.333. The van der Waals surface area contributed by atoms with Crippen LogP contribution in [0.4, 0.5) is 5.69 Å². The minimum absolute atomic E-state index is 0.191. The number of aromatic nitrogens is 2. The van der Waals surface area contributed by atoms with Crippen LogP contribution in [0.3, 0.4) is 0 Å². The maximum Gasteiger partial charge on any atom is 0.333 e. The molecule has 35 heavy (non-hydrogen) atoms. The largest absolute Gasteiger partial charge is 0.466 e. The van der Waals surface area contributed by atoms with Gasteiger partial charge < -0.3 is 14.8 Å². The molecule has 1 unspecified atom stereocenters. The summed E-state index contributed by atoms with van der Waals surface area (Å²) in [4.78, 5) is 11.9. The summed E-state index contributed by atoms with van der Waals surface area (Å²) in [6.07, 6.45) is 12.1. The van der Waals surface area contributed by atoms with Gasteiger partial charge in [-0.05, 0) is 92.3 Å². The number of unbranched alkanes of at least 4 members (excludes halogenated alkanes) is 1. The van der Waals surface area contributed by atoms with Gasteiger partial charge in [0.25, 0.3) is 0 Å². The highest BCUT2D eigenvalue weighted by molar-refractivity contribution is 5.95. The fraction of sp³-hybridized carbons (Fsp3) is 0.448. The lowest BCUT2D eigenvalue weighted by molar-refractivity contribution is -0.136. The van der Waals surface area contributed by atoms with E-state index in [1.807, 2.05) is 24.0 Å². The van der Waals surface area contributed by atoms with Crippen LogP contribution in [0, 0.1) is 0 Å². The molecule has 0 amide bonds. The molecule has 2 aliphatic rings. The van der Waals surface area contributed by atoms with Gasteiger partial charge in [-0.3, -0.25) is 4.68 Å². The Morgan fingerprint density at radius 2 is 2.11 bits per heavy atom. The maximum atomic E-state index is 11.9. The second kappa shape index (κ2) is 10.2. The number of hydrogen-bond donors (Lipinski definition) is 1. The van der Waals surface area contributed by atoms with Gasteiger partial charge in [0.2, 0.25) is 0 Å². The number of methoxy groups -OCH3 is 1. The third-order valence-corrected chi connectivity index (χ3v) is 7.58. The van der Waals surface area contributed by atoms with Gasteiger partial charge in [0.05, 0.1) is 24.4 Å². The van der Waals surface area contributed by atoms with E-state index >= 15 is 0 Å². The highest BCUT2D eigenvalue weighted by atomic mass is 16.5. The van der Waals surface area contributed by atoms with E-state index in [4.69, 9.17) is 9.47 Å². The summed E-state index contributed by atoms with van der Waals surface area (Å²) in [6, 6.07) is 13.0. The smallest absolute Gasteiger partial charge is 0.333 e. The Labute approximate surface area is 207 Å². The van der Waals surface area contributed by atoms with E-state index in [1.54, 1.807) is 0 Å². The van der Waals surface area contributed by atoms with Gasteiger partial charge in [0.15, 0.2) is 0 Å². The Morgan fingerprint density at radius 3 is 2.94 bits per heavy atom. The first-order valence-corrected chi connectivity index (χ1v) is 12.8. The minimum Gasteiger partial charge on any atom is -0.466 e. The van der Waals surface area contributed by atoms with E-state index in [0.29, 0.717) is 0 Å². The lowest BCUT2D eigenvalue weighted by Crippen LogP contribution is -2.33. The van der Waals surface area contributed by atoms with Crippen molar-refractivity contribution in [2.24, 2.45) is 7.05 Å². The third kappa shape index (κ3) is 4.85. The van der Waals surface area contributed by atoms with Crippen LogP contribution in [-0.2, 0) is 33.3 Å². The number of anilines is 1. The molecular formula is C29H35N3O3. The summed E-state index contributed by atoms with van der Waals surface area (Å²) in [7, 11) is 3.43. The first-order valence-electron chi connectivity index (χ1n) is 12.8. The molecule has 5 rings (SSSR count). The second-order valence-corrected chi connectivity index (χ2v) is 9.76. The van der Waals surface area contributed by atoms with Crippen molar-refractivity contribution in [1.29, 1.82) is 0 Å². The van der Waals surface area contributed by atoms with Gasteiger partial charge in [0, 0.05) is 36.8 Å². The average molecular weight is 474 g/mol. The van der Waals surface area contributed by atoms with Gasteiger partial charge in [0.1, 0.15) is 0 Å². The van der Waals surface area contributed by atoms with Crippen LogP contribution in [0.5, 0.6) is 0 Å². The summed E-state index contributed by atoms with van der Waals surface area (Å²) in [5.74, 6) is -0.226. The molecule has 2 aromatic carbocycles. The average Bonchev–Trinajstić information content (AvgIpc) is 3.28. The molecular weight excluding hydrogens is 438 g/mol. The fourth-order valence-corrected chi connectivity index (χ4v) is 5.62. The molecule has 2 heterocycles. The van der Waals surface area contributed by atoms with Crippen LogP contribution in [0.25, 0.3) is 17.0 Å². The van der Waals surface area contributed by atoms with E-state index in [9.17, 15) is 4.79 Å². The molecule has 0 radical (unpaired) electrons. The number of carbonyl (C=O) groups is 1. The molecule has 1 aromatic heterocycles. The molecule has 0 saturated carbocycles. The predicted molar refractivity (Wildman–Crippen MR) is 139 cm³/mol. The van der Waals surface area contributed by atoms with Crippen LogP contribution in [0.2, 0.25) is 0 Å². The second-order valence-electron chi connectivity index (χ2n) is 9.76. The summed E-state index contributed by atoms with van der Waals surface area (Å²) in [5.41, 5.74) is 6.58. The van der Waals surface area contributed by atoms with Gasteiger partial charge in [-0.1, -0.05) is 18.2 Å². The molecule has 1 atom stereocenters. The zero-order valence-corrected chi connectivity index (χ0v) is 20.8. The van der Waals surface area contributed by atoms with Gasteiger partial charge in [-0.2, -0.15) is 5.10 Å². The van der Waals surface area contributed by atoms with Crippen LogP contribution >= 0.6 is 0 Å². The fourth-order valence-electron chi connectivity index (χ4n) is 5.62. The first kappa shape index (κ1) is 23.6.